The molecule has 0 unspecified atom stereocenters. The first-order valence-corrected chi connectivity index (χ1v) is 7.11. The summed E-state index contributed by atoms with van der Waals surface area (Å²) in [5.41, 5.74) is 1.32. The van der Waals surface area contributed by atoms with Gasteiger partial charge in [0.2, 0.25) is 0 Å². The third kappa shape index (κ3) is 3.62. The minimum atomic E-state index is -0.0533. The Morgan fingerprint density at radius 3 is 2.15 bits per heavy atom. The zero-order chi connectivity index (χ0) is 14.4. The van der Waals surface area contributed by atoms with Crippen molar-refractivity contribution in [3.05, 3.63) is 59.7 Å². The zero-order valence-corrected chi connectivity index (χ0v) is 11.9. The second kappa shape index (κ2) is 6.78. The van der Waals surface area contributed by atoms with Crippen LogP contribution in [0.2, 0.25) is 0 Å². The summed E-state index contributed by atoms with van der Waals surface area (Å²) >= 11 is 1.60. The first kappa shape index (κ1) is 14.2. The highest BCUT2D eigenvalue weighted by atomic mass is 32.2. The van der Waals surface area contributed by atoms with Gasteiger partial charge < -0.3 is 5.32 Å². The molecule has 4 heteroatoms. The SMILES string of the molecule is CCNC(=O)c1ccc(Sc2ccc(C#N)cc2)cc1. The molecule has 0 saturated heterocycles. The molecular formula is C16H14N2OS. The summed E-state index contributed by atoms with van der Waals surface area (Å²) in [5.74, 6) is -0.0533. The van der Waals surface area contributed by atoms with Gasteiger partial charge in [-0.1, -0.05) is 11.8 Å². The number of hydrogen-bond donors (Lipinski definition) is 1. The molecule has 20 heavy (non-hydrogen) atoms. The predicted molar refractivity (Wildman–Crippen MR) is 79.7 cm³/mol. The summed E-state index contributed by atoms with van der Waals surface area (Å²) in [6.45, 7) is 2.52. The molecule has 0 aliphatic heterocycles. The number of nitrogens with one attached hydrogen (secondary N) is 1. The molecule has 0 radical (unpaired) electrons. The van der Waals surface area contributed by atoms with Crippen molar-refractivity contribution in [3.8, 4) is 6.07 Å². The Hall–Kier alpha value is -2.25. The lowest BCUT2D eigenvalue weighted by Crippen LogP contribution is -2.22. The molecule has 0 bridgehead atoms. The van der Waals surface area contributed by atoms with Gasteiger partial charge in [0.15, 0.2) is 0 Å². The third-order valence-electron chi connectivity index (χ3n) is 2.67. The van der Waals surface area contributed by atoms with E-state index in [-0.39, 0.29) is 5.91 Å². The van der Waals surface area contributed by atoms with E-state index >= 15 is 0 Å². The molecule has 0 aromatic heterocycles. The Kier molecular flexibility index (Phi) is 4.80. The van der Waals surface area contributed by atoms with Crippen LogP contribution in [0.1, 0.15) is 22.8 Å². The first-order chi connectivity index (χ1) is 9.72. The fraction of sp³-hybridized carbons (Fsp3) is 0.125. The topological polar surface area (TPSA) is 52.9 Å². The van der Waals surface area contributed by atoms with Crippen molar-refractivity contribution >= 4 is 17.7 Å². The summed E-state index contributed by atoms with van der Waals surface area (Å²) < 4.78 is 0. The average Bonchev–Trinajstić information content (AvgIpc) is 2.49. The summed E-state index contributed by atoms with van der Waals surface area (Å²) in [4.78, 5) is 13.8. The van der Waals surface area contributed by atoms with Crippen molar-refractivity contribution < 1.29 is 4.79 Å². The summed E-state index contributed by atoms with van der Waals surface area (Å²) in [6.07, 6.45) is 0. The largest absolute Gasteiger partial charge is 0.352 e. The normalized spacial score (nSPS) is 9.80. The van der Waals surface area contributed by atoms with Crippen molar-refractivity contribution in [2.75, 3.05) is 6.54 Å². The summed E-state index contributed by atoms with van der Waals surface area (Å²) in [5, 5.41) is 11.5. The Morgan fingerprint density at radius 1 is 1.10 bits per heavy atom. The van der Waals surface area contributed by atoms with Crippen molar-refractivity contribution in [2.24, 2.45) is 0 Å². The molecule has 0 atom stereocenters. The predicted octanol–water partition coefficient (Wildman–Crippen LogP) is 3.46. The van der Waals surface area contributed by atoms with Crippen LogP contribution in [0.3, 0.4) is 0 Å². The second-order valence-corrected chi connectivity index (χ2v) is 5.27. The van der Waals surface area contributed by atoms with E-state index in [1.807, 2.05) is 43.3 Å². The van der Waals surface area contributed by atoms with Crippen LogP contribution in [-0.2, 0) is 0 Å². The van der Waals surface area contributed by atoms with Gasteiger partial charge in [0.25, 0.3) is 5.91 Å². The van der Waals surface area contributed by atoms with Gasteiger partial charge in [-0.15, -0.1) is 0 Å². The molecule has 0 fully saturated rings. The van der Waals surface area contributed by atoms with Crippen LogP contribution >= 0.6 is 11.8 Å². The molecule has 1 amide bonds. The van der Waals surface area contributed by atoms with Crippen molar-refractivity contribution in [1.29, 1.82) is 5.26 Å². The standard InChI is InChI=1S/C16H14N2OS/c1-2-18-16(19)13-5-9-15(10-6-13)20-14-7-3-12(11-17)4-8-14/h3-10H,2H2,1H3,(H,18,19). The fourth-order valence-electron chi connectivity index (χ4n) is 1.67. The van der Waals surface area contributed by atoms with Gasteiger partial charge in [0.1, 0.15) is 0 Å². The van der Waals surface area contributed by atoms with Gasteiger partial charge in [-0.2, -0.15) is 5.26 Å². The highest BCUT2D eigenvalue weighted by molar-refractivity contribution is 7.99. The van der Waals surface area contributed by atoms with Gasteiger partial charge in [-0.25, -0.2) is 0 Å². The molecule has 100 valence electrons. The molecule has 3 nitrogen and oxygen atoms in total. The number of carbonyl (C=O) groups is 1. The monoisotopic (exact) mass is 282 g/mol. The van der Waals surface area contributed by atoms with Crippen LogP contribution in [0.15, 0.2) is 58.3 Å². The number of nitriles is 1. The van der Waals surface area contributed by atoms with E-state index < -0.39 is 0 Å². The second-order valence-electron chi connectivity index (χ2n) is 4.12. The van der Waals surface area contributed by atoms with Gasteiger partial charge in [-0.3, -0.25) is 4.79 Å². The van der Waals surface area contributed by atoms with Crippen LogP contribution < -0.4 is 5.32 Å². The molecule has 2 aromatic carbocycles. The lowest BCUT2D eigenvalue weighted by Gasteiger charge is -2.04. The van der Waals surface area contributed by atoms with Crippen LogP contribution in [0, 0.1) is 11.3 Å². The van der Waals surface area contributed by atoms with Crippen molar-refractivity contribution in [1.82, 2.24) is 5.32 Å². The van der Waals surface area contributed by atoms with E-state index in [1.54, 1.807) is 23.9 Å². The number of nitrogens with zero attached hydrogens (tertiary/aromatic N) is 1. The summed E-state index contributed by atoms with van der Waals surface area (Å²) in [7, 11) is 0. The highest BCUT2D eigenvalue weighted by Crippen LogP contribution is 2.27. The number of benzene rings is 2. The van der Waals surface area contributed by atoms with E-state index in [2.05, 4.69) is 11.4 Å². The Morgan fingerprint density at radius 2 is 1.65 bits per heavy atom. The number of hydrogen-bond acceptors (Lipinski definition) is 3. The molecule has 0 spiro atoms. The third-order valence-corrected chi connectivity index (χ3v) is 3.69. The van der Waals surface area contributed by atoms with Crippen molar-refractivity contribution in [2.45, 2.75) is 16.7 Å². The van der Waals surface area contributed by atoms with Crippen LogP contribution in [-0.4, -0.2) is 12.5 Å². The number of rotatable bonds is 4. The Bertz CT molecular complexity index is 627. The van der Waals surface area contributed by atoms with Gasteiger partial charge in [-0.05, 0) is 55.5 Å². The van der Waals surface area contributed by atoms with E-state index in [1.165, 1.54) is 0 Å². The van der Waals surface area contributed by atoms with Gasteiger partial charge in [0.05, 0.1) is 11.6 Å². The van der Waals surface area contributed by atoms with E-state index in [0.717, 1.165) is 9.79 Å². The molecular weight excluding hydrogens is 268 g/mol. The van der Waals surface area contributed by atoms with E-state index in [0.29, 0.717) is 17.7 Å². The summed E-state index contributed by atoms with van der Waals surface area (Å²) in [6, 6.07) is 17.0. The maximum Gasteiger partial charge on any atom is 0.251 e. The average molecular weight is 282 g/mol. The molecule has 0 aliphatic rings. The van der Waals surface area contributed by atoms with Crippen LogP contribution in [0.5, 0.6) is 0 Å². The molecule has 0 aliphatic carbocycles. The molecule has 0 saturated carbocycles. The minimum absolute atomic E-state index is 0.0533. The smallest absolute Gasteiger partial charge is 0.251 e. The zero-order valence-electron chi connectivity index (χ0n) is 11.1. The maximum atomic E-state index is 11.6. The quantitative estimate of drug-likeness (QED) is 0.934. The number of carbonyl (C=O) groups excluding carboxylic acids is 1. The van der Waals surface area contributed by atoms with E-state index in [9.17, 15) is 4.79 Å². The fourth-order valence-corrected chi connectivity index (χ4v) is 2.49. The number of amides is 1. The van der Waals surface area contributed by atoms with Crippen LogP contribution in [0.25, 0.3) is 0 Å². The lowest BCUT2D eigenvalue weighted by molar-refractivity contribution is 0.0956. The maximum absolute atomic E-state index is 11.6. The molecule has 0 heterocycles. The molecule has 2 rings (SSSR count). The Balaban J connectivity index is 2.06. The molecule has 1 N–H and O–H groups in total. The van der Waals surface area contributed by atoms with Crippen LogP contribution in [0.4, 0.5) is 0 Å². The van der Waals surface area contributed by atoms with Crippen molar-refractivity contribution in [3.63, 3.8) is 0 Å². The lowest BCUT2D eigenvalue weighted by atomic mass is 10.2. The first-order valence-electron chi connectivity index (χ1n) is 6.29. The minimum Gasteiger partial charge on any atom is -0.352 e. The van der Waals surface area contributed by atoms with E-state index in [4.69, 9.17) is 5.26 Å². The molecule has 2 aromatic rings. The van der Waals surface area contributed by atoms with Gasteiger partial charge >= 0.3 is 0 Å². The Labute approximate surface area is 122 Å². The van der Waals surface area contributed by atoms with Gasteiger partial charge in [0, 0.05) is 21.9 Å². The highest BCUT2D eigenvalue weighted by Gasteiger charge is 2.04.